The van der Waals surface area contributed by atoms with E-state index in [4.69, 9.17) is 0 Å². The summed E-state index contributed by atoms with van der Waals surface area (Å²) < 4.78 is 0. The van der Waals surface area contributed by atoms with Gasteiger partial charge in [-0.1, -0.05) is 0 Å². The Bertz CT molecular complexity index is 1030. The van der Waals surface area contributed by atoms with Gasteiger partial charge in [0, 0.05) is 48.2 Å². The van der Waals surface area contributed by atoms with Crippen LogP contribution < -0.4 is 10.9 Å². The monoisotopic (exact) mass is 444 g/mol. The quantitative estimate of drug-likeness (QED) is 0.251. The normalized spacial score (nSPS) is 10.9. The van der Waals surface area contributed by atoms with Crippen molar-refractivity contribution in [1.29, 1.82) is 0 Å². The molecule has 32 heavy (non-hydrogen) atoms. The number of benzene rings is 2. The first kappa shape index (κ1) is 23.4. The molecule has 0 aliphatic heterocycles. The maximum Gasteiger partial charge on any atom is 0.270 e. The van der Waals surface area contributed by atoms with E-state index >= 15 is 0 Å². The number of carbonyl (C=O) groups excluding carboxylic acids is 2. The molecular weight excluding hydrogens is 428 g/mol. The van der Waals surface area contributed by atoms with Crippen LogP contribution >= 0.6 is 0 Å². The Balaban J connectivity index is 1.82. The molecule has 2 rings (SSSR count). The first-order valence-electron chi connectivity index (χ1n) is 8.76. The van der Waals surface area contributed by atoms with Crippen molar-refractivity contribution < 1.29 is 29.6 Å². The van der Waals surface area contributed by atoms with Gasteiger partial charge in [-0.05, 0) is 12.1 Å². The number of non-ortho nitro benzene ring substituents is 2. The van der Waals surface area contributed by atoms with E-state index in [9.17, 15) is 40.0 Å². The number of carbonyl (C=O) groups is 2. The number of hydrazone groups is 2. The van der Waals surface area contributed by atoms with E-state index in [1.165, 1.54) is 0 Å². The lowest BCUT2D eigenvalue weighted by Crippen LogP contribution is -2.22. The van der Waals surface area contributed by atoms with Crippen molar-refractivity contribution in [3.8, 4) is 11.5 Å². The molecule has 2 amide bonds. The van der Waals surface area contributed by atoms with E-state index in [2.05, 4.69) is 21.1 Å². The molecule has 0 unspecified atom stereocenters. The van der Waals surface area contributed by atoms with Gasteiger partial charge in [0.05, 0.1) is 22.3 Å². The highest BCUT2D eigenvalue weighted by Crippen LogP contribution is 2.22. The molecule has 0 aliphatic rings. The van der Waals surface area contributed by atoms with Gasteiger partial charge >= 0.3 is 0 Å². The van der Waals surface area contributed by atoms with E-state index in [0.29, 0.717) is 0 Å². The highest BCUT2D eigenvalue weighted by atomic mass is 16.6. The van der Waals surface area contributed by atoms with Crippen molar-refractivity contribution in [2.24, 2.45) is 10.2 Å². The third-order valence-corrected chi connectivity index (χ3v) is 3.81. The molecule has 166 valence electrons. The predicted octanol–water partition coefficient (Wildman–Crippen LogP) is 1.29. The summed E-state index contributed by atoms with van der Waals surface area (Å²) in [6.45, 7) is 0. The molecule has 0 saturated carbocycles. The van der Waals surface area contributed by atoms with Crippen molar-refractivity contribution in [2.45, 2.75) is 12.8 Å². The molecule has 0 aromatic heterocycles. The molecule has 2 aromatic carbocycles. The highest BCUT2D eigenvalue weighted by molar-refractivity contribution is 5.88. The van der Waals surface area contributed by atoms with Crippen molar-refractivity contribution in [1.82, 2.24) is 10.9 Å². The molecular formula is C18H16N6O8. The summed E-state index contributed by atoms with van der Waals surface area (Å²) in [6, 6.07) is 6.56. The van der Waals surface area contributed by atoms with Gasteiger partial charge in [0.25, 0.3) is 11.4 Å². The molecule has 14 nitrogen and oxygen atoms in total. The lowest BCUT2D eigenvalue weighted by Gasteiger charge is -2.01. The third kappa shape index (κ3) is 6.87. The van der Waals surface area contributed by atoms with Gasteiger partial charge in [0.1, 0.15) is 11.5 Å². The number of amides is 2. The Kier molecular flexibility index (Phi) is 7.88. The summed E-state index contributed by atoms with van der Waals surface area (Å²) in [5, 5.41) is 47.9. The first-order valence-corrected chi connectivity index (χ1v) is 8.76. The minimum Gasteiger partial charge on any atom is -0.507 e. The van der Waals surface area contributed by atoms with Crippen molar-refractivity contribution in [2.75, 3.05) is 0 Å². The van der Waals surface area contributed by atoms with Gasteiger partial charge in [-0.25, -0.2) is 10.9 Å². The average molecular weight is 444 g/mol. The standard InChI is InChI=1S/C18H16N6O8/c25-15-3-1-13(23(29)30)7-11(15)9-19-21-17(27)5-6-18(28)22-20-10-12-8-14(24(31)32)2-4-16(12)26/h1-4,7-10,25-26H,5-6H2,(H,21,27)(H,22,28)/b19-9-,20-10+. The van der Waals surface area contributed by atoms with Crippen LogP contribution in [0.4, 0.5) is 11.4 Å². The second kappa shape index (κ2) is 10.8. The molecule has 0 radical (unpaired) electrons. The number of nitro groups is 2. The fraction of sp³-hybridized carbons (Fsp3) is 0.111. The number of hydrogen-bond donors (Lipinski definition) is 4. The second-order valence-corrected chi connectivity index (χ2v) is 6.09. The molecule has 0 atom stereocenters. The second-order valence-electron chi connectivity index (χ2n) is 6.09. The van der Waals surface area contributed by atoms with Crippen LogP contribution in [-0.2, 0) is 9.59 Å². The van der Waals surface area contributed by atoms with Crippen molar-refractivity contribution in [3.05, 3.63) is 67.8 Å². The van der Waals surface area contributed by atoms with E-state index in [0.717, 1.165) is 48.8 Å². The zero-order valence-electron chi connectivity index (χ0n) is 16.2. The molecule has 4 N–H and O–H groups in total. The van der Waals surface area contributed by atoms with Crippen LogP contribution in [-0.4, -0.2) is 44.3 Å². The first-order chi connectivity index (χ1) is 15.2. The van der Waals surface area contributed by atoms with Crippen LogP contribution in [0.5, 0.6) is 11.5 Å². The molecule has 0 bridgehead atoms. The Morgan fingerprint density at radius 1 is 0.812 bits per heavy atom. The lowest BCUT2D eigenvalue weighted by atomic mass is 10.2. The van der Waals surface area contributed by atoms with Crippen molar-refractivity contribution in [3.63, 3.8) is 0 Å². The molecule has 0 spiro atoms. The number of hydrogen-bond acceptors (Lipinski definition) is 10. The summed E-state index contributed by atoms with van der Waals surface area (Å²) in [6.07, 6.45) is 1.47. The topological polar surface area (TPSA) is 210 Å². The summed E-state index contributed by atoms with van der Waals surface area (Å²) >= 11 is 0. The molecule has 2 aromatic rings. The zero-order valence-corrected chi connectivity index (χ0v) is 16.2. The number of phenolic OH excluding ortho intramolecular Hbond substituents is 2. The molecule has 0 aliphatic carbocycles. The molecule has 0 heterocycles. The van der Waals surface area contributed by atoms with Crippen molar-refractivity contribution >= 4 is 35.6 Å². The van der Waals surface area contributed by atoms with Crippen LogP contribution in [0.15, 0.2) is 46.6 Å². The van der Waals surface area contributed by atoms with E-state index in [1.54, 1.807) is 0 Å². The minimum absolute atomic E-state index is 0.0102. The molecule has 0 saturated heterocycles. The van der Waals surface area contributed by atoms with Gasteiger partial charge in [-0.3, -0.25) is 29.8 Å². The SMILES string of the molecule is O=C(CCC(=O)N/N=C/c1cc([N+](=O)[O-])ccc1O)N/N=C\c1cc([N+](=O)[O-])ccc1O. The Morgan fingerprint density at radius 2 is 1.19 bits per heavy atom. The van der Waals surface area contributed by atoms with Gasteiger partial charge < -0.3 is 10.2 Å². The summed E-state index contributed by atoms with van der Waals surface area (Å²) in [7, 11) is 0. The summed E-state index contributed by atoms with van der Waals surface area (Å²) in [5.41, 5.74) is 3.68. The third-order valence-electron chi connectivity index (χ3n) is 3.81. The molecule has 14 heteroatoms. The summed E-state index contributed by atoms with van der Waals surface area (Å²) in [4.78, 5) is 43.6. The van der Waals surface area contributed by atoms with Gasteiger partial charge in [0.2, 0.25) is 11.8 Å². The van der Waals surface area contributed by atoms with Gasteiger partial charge in [-0.2, -0.15) is 10.2 Å². The number of nitro benzene ring substituents is 2. The van der Waals surface area contributed by atoms with Crippen LogP contribution in [0.1, 0.15) is 24.0 Å². The fourth-order valence-corrected chi connectivity index (χ4v) is 2.20. The largest absolute Gasteiger partial charge is 0.507 e. The van der Waals surface area contributed by atoms with Crippen LogP contribution in [0, 0.1) is 20.2 Å². The van der Waals surface area contributed by atoms with E-state index in [1.807, 2.05) is 0 Å². The van der Waals surface area contributed by atoms with Crippen LogP contribution in [0.3, 0.4) is 0 Å². The minimum atomic E-state index is -0.656. The number of rotatable bonds is 9. The average Bonchev–Trinajstić information content (AvgIpc) is 2.74. The number of nitrogens with one attached hydrogen (secondary N) is 2. The smallest absolute Gasteiger partial charge is 0.270 e. The van der Waals surface area contributed by atoms with Gasteiger partial charge in [0.15, 0.2) is 0 Å². The number of nitrogens with zero attached hydrogens (tertiary/aromatic N) is 4. The molecule has 0 fully saturated rings. The Hall–Kier alpha value is -4.88. The highest BCUT2D eigenvalue weighted by Gasteiger charge is 2.10. The predicted molar refractivity (Wildman–Crippen MR) is 110 cm³/mol. The Morgan fingerprint density at radius 3 is 1.53 bits per heavy atom. The fourth-order valence-electron chi connectivity index (χ4n) is 2.20. The maximum atomic E-state index is 11.7. The van der Waals surface area contributed by atoms with Crippen LogP contribution in [0.25, 0.3) is 0 Å². The van der Waals surface area contributed by atoms with E-state index in [-0.39, 0.29) is 46.8 Å². The Labute approximate surface area is 179 Å². The van der Waals surface area contributed by atoms with E-state index < -0.39 is 21.7 Å². The zero-order chi connectivity index (χ0) is 23.7. The number of aromatic hydroxyl groups is 2. The maximum absolute atomic E-state index is 11.7. The van der Waals surface area contributed by atoms with Crippen LogP contribution in [0.2, 0.25) is 0 Å². The number of phenols is 2. The van der Waals surface area contributed by atoms with Gasteiger partial charge in [-0.15, -0.1) is 0 Å². The summed E-state index contributed by atoms with van der Waals surface area (Å²) in [5.74, 6) is -1.86. The lowest BCUT2D eigenvalue weighted by molar-refractivity contribution is -0.385.